The van der Waals surface area contributed by atoms with Gasteiger partial charge in [-0.2, -0.15) is 0 Å². The predicted octanol–water partition coefficient (Wildman–Crippen LogP) is 5.88. The molecule has 2 aromatic carbocycles. The van der Waals surface area contributed by atoms with Crippen LogP contribution in [-0.4, -0.2) is 18.0 Å². The fourth-order valence-corrected chi connectivity index (χ4v) is 3.89. The molecular formula is C20H22Cl2N2O2. The van der Waals surface area contributed by atoms with E-state index in [2.05, 4.69) is 24.0 Å². The Morgan fingerprint density at radius 3 is 2.23 bits per heavy atom. The number of nitro benzene ring substituents is 1. The van der Waals surface area contributed by atoms with Crippen LogP contribution in [0.3, 0.4) is 0 Å². The molecule has 2 aromatic rings. The van der Waals surface area contributed by atoms with Crippen LogP contribution in [-0.2, 0) is 4.33 Å². The molecule has 3 rings (SSSR count). The van der Waals surface area contributed by atoms with Crippen LogP contribution >= 0.6 is 23.2 Å². The van der Waals surface area contributed by atoms with E-state index in [1.54, 1.807) is 19.1 Å². The van der Waals surface area contributed by atoms with Gasteiger partial charge in [0.15, 0.2) is 0 Å². The largest absolute Gasteiger partial charge is 0.371 e. The summed E-state index contributed by atoms with van der Waals surface area (Å²) in [5, 5.41) is 10.8. The summed E-state index contributed by atoms with van der Waals surface area (Å²) in [5.41, 5.74) is 3.31. The maximum atomic E-state index is 10.8. The molecule has 0 N–H and O–H groups in total. The Morgan fingerprint density at radius 1 is 1.08 bits per heavy atom. The second-order valence-corrected chi connectivity index (χ2v) is 8.93. The van der Waals surface area contributed by atoms with E-state index in [1.165, 1.54) is 5.56 Å². The molecule has 4 nitrogen and oxygen atoms in total. The number of benzene rings is 2. The first-order chi connectivity index (χ1) is 12.2. The number of halogens is 2. The van der Waals surface area contributed by atoms with Crippen molar-refractivity contribution in [2.45, 2.75) is 30.5 Å². The van der Waals surface area contributed by atoms with Crippen LogP contribution in [0, 0.1) is 16.0 Å². The van der Waals surface area contributed by atoms with Crippen LogP contribution in [0.4, 0.5) is 11.4 Å². The number of hydrogen-bond donors (Lipinski definition) is 0. The van der Waals surface area contributed by atoms with Crippen molar-refractivity contribution >= 4 is 34.6 Å². The van der Waals surface area contributed by atoms with Crippen LogP contribution < -0.4 is 4.90 Å². The zero-order valence-corrected chi connectivity index (χ0v) is 16.4. The smallest absolute Gasteiger partial charge is 0.269 e. The predicted molar refractivity (Wildman–Crippen MR) is 107 cm³/mol. The van der Waals surface area contributed by atoms with Gasteiger partial charge in [0, 0.05) is 36.8 Å². The summed E-state index contributed by atoms with van der Waals surface area (Å²) in [7, 11) is 0. The topological polar surface area (TPSA) is 46.4 Å². The normalized spacial score (nSPS) is 20.8. The summed E-state index contributed by atoms with van der Waals surface area (Å²) >= 11 is 12.3. The van der Waals surface area contributed by atoms with Crippen molar-refractivity contribution in [1.82, 2.24) is 0 Å². The molecule has 0 saturated carbocycles. The van der Waals surface area contributed by atoms with Gasteiger partial charge in [0.2, 0.25) is 0 Å². The standard InChI is InChI=1S/C20H22Cl2N2O2/c1-14-11-16(15-3-5-17(6-4-15)20(2,21)22)13-23(12-14)18-7-9-19(10-8-18)24(25)26/h3-10,14,16H,11-13H2,1-2H3. The molecule has 0 radical (unpaired) electrons. The molecule has 2 unspecified atom stereocenters. The van der Waals surface area contributed by atoms with Gasteiger partial charge in [-0.3, -0.25) is 10.1 Å². The maximum Gasteiger partial charge on any atom is 0.269 e. The summed E-state index contributed by atoms with van der Waals surface area (Å²) in [5.74, 6) is 0.940. The fourth-order valence-electron chi connectivity index (χ4n) is 3.64. The minimum absolute atomic E-state index is 0.121. The van der Waals surface area contributed by atoms with Gasteiger partial charge in [0.1, 0.15) is 4.33 Å². The number of non-ortho nitro benzene ring substituents is 1. The van der Waals surface area contributed by atoms with E-state index in [4.69, 9.17) is 23.2 Å². The molecular weight excluding hydrogens is 371 g/mol. The highest BCUT2D eigenvalue weighted by Crippen LogP contribution is 2.36. The number of hydrogen-bond acceptors (Lipinski definition) is 3. The third-order valence-electron chi connectivity index (χ3n) is 4.97. The Bertz CT molecular complexity index is 770. The van der Waals surface area contributed by atoms with Crippen LogP contribution in [0.1, 0.15) is 37.3 Å². The Labute approximate surface area is 163 Å². The number of nitro groups is 1. The van der Waals surface area contributed by atoms with Crippen LogP contribution in [0.5, 0.6) is 0 Å². The van der Waals surface area contributed by atoms with Crippen LogP contribution in [0.15, 0.2) is 48.5 Å². The molecule has 0 aromatic heterocycles. The van der Waals surface area contributed by atoms with Gasteiger partial charge < -0.3 is 4.90 Å². The van der Waals surface area contributed by atoms with Gasteiger partial charge in [-0.25, -0.2) is 0 Å². The van der Waals surface area contributed by atoms with Crippen molar-refractivity contribution < 1.29 is 4.92 Å². The second kappa shape index (κ2) is 7.45. The summed E-state index contributed by atoms with van der Waals surface area (Å²) in [6, 6.07) is 15.0. The lowest BCUT2D eigenvalue weighted by Crippen LogP contribution is -2.38. The first-order valence-electron chi connectivity index (χ1n) is 8.71. The zero-order chi connectivity index (χ0) is 18.9. The molecule has 2 atom stereocenters. The van der Waals surface area contributed by atoms with Gasteiger partial charge in [-0.1, -0.05) is 54.4 Å². The lowest BCUT2D eigenvalue weighted by atomic mass is 9.85. The molecule has 0 spiro atoms. The highest BCUT2D eigenvalue weighted by atomic mass is 35.5. The summed E-state index contributed by atoms with van der Waals surface area (Å²) in [4.78, 5) is 12.8. The average molecular weight is 393 g/mol. The second-order valence-electron chi connectivity index (χ2n) is 7.23. The van der Waals surface area contributed by atoms with Crippen molar-refractivity contribution in [2.75, 3.05) is 18.0 Å². The minimum atomic E-state index is -0.886. The molecule has 26 heavy (non-hydrogen) atoms. The molecule has 1 saturated heterocycles. The van der Waals surface area contributed by atoms with Crippen LogP contribution in [0.25, 0.3) is 0 Å². The molecule has 0 aliphatic carbocycles. The monoisotopic (exact) mass is 392 g/mol. The Balaban J connectivity index is 1.78. The van der Waals surface area contributed by atoms with E-state index in [1.807, 2.05) is 24.3 Å². The number of rotatable bonds is 4. The molecule has 1 aliphatic rings. The van der Waals surface area contributed by atoms with Gasteiger partial charge in [0.05, 0.1) is 4.92 Å². The number of alkyl halides is 2. The molecule has 0 bridgehead atoms. The van der Waals surface area contributed by atoms with E-state index in [9.17, 15) is 10.1 Å². The molecule has 138 valence electrons. The van der Waals surface area contributed by atoms with Crippen molar-refractivity contribution in [3.63, 3.8) is 0 Å². The van der Waals surface area contributed by atoms with E-state index in [-0.39, 0.29) is 10.6 Å². The van der Waals surface area contributed by atoms with E-state index in [0.717, 1.165) is 30.8 Å². The SMILES string of the molecule is CC1CC(c2ccc(C(C)(Cl)Cl)cc2)CN(c2ccc([N+](=O)[O-])cc2)C1. The zero-order valence-electron chi connectivity index (χ0n) is 14.9. The Kier molecular flexibility index (Phi) is 5.44. The lowest BCUT2D eigenvalue weighted by Gasteiger charge is -2.38. The Hall–Kier alpha value is -1.78. The minimum Gasteiger partial charge on any atom is -0.371 e. The van der Waals surface area contributed by atoms with Crippen molar-refractivity contribution in [3.05, 3.63) is 69.8 Å². The van der Waals surface area contributed by atoms with E-state index >= 15 is 0 Å². The summed E-state index contributed by atoms with van der Waals surface area (Å²) < 4.78 is -0.886. The van der Waals surface area contributed by atoms with Gasteiger partial charge in [0.25, 0.3) is 5.69 Å². The van der Waals surface area contributed by atoms with Gasteiger partial charge in [-0.05, 0) is 42.5 Å². The number of piperidine rings is 1. The highest BCUT2D eigenvalue weighted by Gasteiger charge is 2.27. The van der Waals surface area contributed by atoms with Crippen LogP contribution in [0.2, 0.25) is 0 Å². The number of anilines is 1. The molecule has 0 amide bonds. The van der Waals surface area contributed by atoms with Crippen molar-refractivity contribution in [3.8, 4) is 0 Å². The molecule has 6 heteroatoms. The summed E-state index contributed by atoms with van der Waals surface area (Å²) in [6.45, 7) is 5.85. The lowest BCUT2D eigenvalue weighted by molar-refractivity contribution is -0.384. The van der Waals surface area contributed by atoms with Gasteiger partial charge >= 0.3 is 0 Å². The average Bonchev–Trinajstić information content (AvgIpc) is 2.60. The molecule has 1 fully saturated rings. The maximum absolute atomic E-state index is 10.8. The fraction of sp³-hybridized carbons (Fsp3) is 0.400. The Morgan fingerprint density at radius 2 is 1.69 bits per heavy atom. The first kappa shape index (κ1) is 19.0. The third kappa shape index (κ3) is 4.30. The van der Waals surface area contributed by atoms with Crippen molar-refractivity contribution in [1.29, 1.82) is 0 Å². The summed E-state index contributed by atoms with van der Waals surface area (Å²) in [6.07, 6.45) is 1.11. The molecule has 1 aliphatic heterocycles. The van der Waals surface area contributed by atoms with E-state index in [0.29, 0.717) is 11.8 Å². The van der Waals surface area contributed by atoms with Crippen molar-refractivity contribution in [2.24, 2.45) is 5.92 Å². The van der Waals surface area contributed by atoms with E-state index < -0.39 is 4.33 Å². The third-order valence-corrected chi connectivity index (χ3v) is 5.41. The quantitative estimate of drug-likeness (QED) is 0.371. The highest BCUT2D eigenvalue weighted by molar-refractivity contribution is 6.47. The molecule has 1 heterocycles. The first-order valence-corrected chi connectivity index (χ1v) is 9.47. The number of nitrogens with zero attached hydrogens (tertiary/aromatic N) is 2. The van der Waals surface area contributed by atoms with Gasteiger partial charge in [-0.15, -0.1) is 0 Å².